The van der Waals surface area contributed by atoms with Crippen LogP contribution in [-0.2, 0) is 0 Å². The number of carbonyl (C=O) groups excluding carboxylic acids is 2. The zero-order valence-electron chi connectivity index (χ0n) is 32.2. The molecule has 0 unspecified atom stereocenters. The Morgan fingerprint density at radius 2 is 0.898 bits per heavy atom. The third-order valence-corrected chi connectivity index (χ3v) is 9.21. The average Bonchev–Trinajstić information content (AvgIpc) is 3.94. The third-order valence-electron chi connectivity index (χ3n) is 9.21. The van der Waals surface area contributed by atoms with Crippen molar-refractivity contribution in [3.63, 3.8) is 0 Å². The minimum absolute atomic E-state index is 0.324. The number of rotatable bonds is 9. The second kappa shape index (κ2) is 18.5. The standard InChI is InChI=1S/C23H20FN5O.C22H18FN5O/c1-2-16-28(20-6-4-3-5-7-20)23(30)29-22(18-8-10-19(24)11-9-18)21(26-27-29)17-12-14-25-15-13-17;1-2-27(19-6-4-3-5-7-19)22(29)28-21(17-12-14-24-15-13-17)20(25-26-28)16-8-10-18(23)11-9-16/h3-15H,2,16H2,1H3;3-15H,2H2,1H3. The lowest BCUT2D eigenvalue weighted by molar-refractivity contribution is 0.244. The lowest BCUT2D eigenvalue weighted by Gasteiger charge is -2.22. The van der Waals surface area contributed by atoms with Crippen molar-refractivity contribution in [1.29, 1.82) is 0 Å². The van der Waals surface area contributed by atoms with Gasteiger partial charge in [0.25, 0.3) is 0 Å². The van der Waals surface area contributed by atoms with Crippen molar-refractivity contribution in [3.05, 3.63) is 170 Å². The van der Waals surface area contributed by atoms with Crippen LogP contribution in [0, 0.1) is 11.6 Å². The molecule has 4 heterocycles. The Bertz CT molecular complexity index is 2610. The number of nitrogens with zero attached hydrogens (tertiary/aromatic N) is 10. The van der Waals surface area contributed by atoms with Gasteiger partial charge in [-0.25, -0.2) is 18.4 Å². The summed E-state index contributed by atoms with van der Waals surface area (Å²) in [5.74, 6) is -0.699. The first kappa shape index (κ1) is 39.5. The van der Waals surface area contributed by atoms with Gasteiger partial charge in [0, 0.05) is 71.5 Å². The van der Waals surface area contributed by atoms with Crippen molar-refractivity contribution in [2.45, 2.75) is 20.3 Å². The van der Waals surface area contributed by atoms with E-state index in [9.17, 15) is 18.4 Å². The smallest absolute Gasteiger partial charge is 0.293 e. The topological polar surface area (TPSA) is 128 Å². The Labute approximate surface area is 339 Å². The molecule has 4 aromatic carbocycles. The molecule has 0 N–H and O–H groups in total. The number of benzene rings is 4. The number of hydrogen-bond acceptors (Lipinski definition) is 8. The Kier molecular flexibility index (Phi) is 12.4. The Morgan fingerprint density at radius 3 is 1.36 bits per heavy atom. The fourth-order valence-corrected chi connectivity index (χ4v) is 6.41. The molecule has 8 aromatic rings. The molecule has 4 aromatic heterocycles. The number of hydrogen-bond donors (Lipinski definition) is 0. The first-order valence-corrected chi connectivity index (χ1v) is 18.9. The molecule has 59 heavy (non-hydrogen) atoms. The normalized spacial score (nSPS) is 10.7. The van der Waals surface area contributed by atoms with Gasteiger partial charge in [-0.1, -0.05) is 53.7 Å². The van der Waals surface area contributed by atoms with Gasteiger partial charge in [-0.05, 0) is 110 Å². The van der Waals surface area contributed by atoms with Crippen LogP contribution in [0.5, 0.6) is 0 Å². The summed E-state index contributed by atoms with van der Waals surface area (Å²) in [6, 6.07) is 37.2. The van der Waals surface area contributed by atoms with Crippen molar-refractivity contribution in [1.82, 2.24) is 40.0 Å². The SMILES string of the molecule is CCCN(C(=O)n1nnc(-c2ccncc2)c1-c1ccc(F)cc1)c1ccccc1.CCN(C(=O)n1nnc(-c2ccc(F)cc2)c1-c1ccncc1)c1ccccc1. The van der Waals surface area contributed by atoms with Crippen molar-refractivity contribution in [3.8, 4) is 45.0 Å². The second-order valence-electron chi connectivity index (χ2n) is 13.0. The second-order valence-corrected chi connectivity index (χ2v) is 13.0. The molecule has 12 nitrogen and oxygen atoms in total. The molecule has 0 atom stereocenters. The molecule has 294 valence electrons. The molecule has 0 bridgehead atoms. The Balaban J connectivity index is 0.000000179. The molecule has 0 aliphatic rings. The van der Waals surface area contributed by atoms with E-state index < -0.39 is 0 Å². The van der Waals surface area contributed by atoms with Crippen LogP contribution in [0.3, 0.4) is 0 Å². The average molecular weight is 789 g/mol. The van der Waals surface area contributed by atoms with Gasteiger partial charge in [0.05, 0.1) is 0 Å². The Morgan fingerprint density at radius 1 is 0.508 bits per heavy atom. The summed E-state index contributed by atoms with van der Waals surface area (Å²) in [7, 11) is 0. The van der Waals surface area contributed by atoms with Crippen LogP contribution >= 0.6 is 0 Å². The molecule has 0 saturated carbocycles. The summed E-state index contributed by atoms with van der Waals surface area (Å²) in [5, 5.41) is 16.9. The van der Waals surface area contributed by atoms with E-state index in [0.717, 1.165) is 28.9 Å². The van der Waals surface area contributed by atoms with E-state index in [-0.39, 0.29) is 23.7 Å². The number of pyridine rings is 2. The van der Waals surface area contributed by atoms with Crippen LogP contribution in [-0.4, -0.2) is 65.1 Å². The summed E-state index contributed by atoms with van der Waals surface area (Å²) in [4.78, 5) is 38.3. The fourth-order valence-electron chi connectivity index (χ4n) is 6.41. The third kappa shape index (κ3) is 8.81. The van der Waals surface area contributed by atoms with Crippen LogP contribution in [0.4, 0.5) is 29.7 Å². The zero-order chi connectivity index (χ0) is 41.1. The van der Waals surface area contributed by atoms with Crippen molar-refractivity contribution >= 4 is 23.4 Å². The van der Waals surface area contributed by atoms with Crippen LogP contribution in [0.15, 0.2) is 158 Å². The van der Waals surface area contributed by atoms with E-state index >= 15 is 0 Å². The first-order valence-electron chi connectivity index (χ1n) is 18.9. The van der Waals surface area contributed by atoms with E-state index in [1.54, 1.807) is 83.1 Å². The van der Waals surface area contributed by atoms with Crippen LogP contribution < -0.4 is 9.80 Å². The number of halogens is 2. The molecule has 0 radical (unpaired) electrons. The summed E-state index contributed by atoms with van der Waals surface area (Å²) in [6.07, 6.45) is 7.36. The number of para-hydroxylation sites is 2. The summed E-state index contributed by atoms with van der Waals surface area (Å²) in [5.41, 5.74) is 6.41. The monoisotopic (exact) mass is 788 g/mol. The highest BCUT2D eigenvalue weighted by Crippen LogP contribution is 2.33. The van der Waals surface area contributed by atoms with Gasteiger partial charge in [0.15, 0.2) is 0 Å². The van der Waals surface area contributed by atoms with Crippen molar-refractivity contribution < 1.29 is 18.4 Å². The lowest BCUT2D eigenvalue weighted by atomic mass is 10.1. The number of aromatic nitrogens is 8. The first-order chi connectivity index (χ1) is 28.9. The maximum absolute atomic E-state index is 13.5. The van der Waals surface area contributed by atoms with Gasteiger partial charge >= 0.3 is 12.1 Å². The van der Waals surface area contributed by atoms with E-state index in [2.05, 4.69) is 30.6 Å². The minimum atomic E-state index is -0.355. The van der Waals surface area contributed by atoms with Crippen LogP contribution in [0.2, 0.25) is 0 Å². The predicted molar refractivity (Wildman–Crippen MR) is 222 cm³/mol. The molecular formula is C45H38F2N10O2. The molecule has 0 aliphatic carbocycles. The van der Waals surface area contributed by atoms with E-state index in [1.807, 2.05) is 74.5 Å². The van der Waals surface area contributed by atoms with Gasteiger partial charge in [-0.2, -0.15) is 9.36 Å². The van der Waals surface area contributed by atoms with Gasteiger partial charge < -0.3 is 0 Å². The highest BCUT2D eigenvalue weighted by molar-refractivity contribution is 5.98. The van der Waals surface area contributed by atoms with Gasteiger partial charge in [-0.15, -0.1) is 10.2 Å². The summed E-state index contributed by atoms with van der Waals surface area (Å²) >= 11 is 0. The molecule has 2 amide bonds. The maximum atomic E-state index is 13.5. The van der Waals surface area contributed by atoms with Crippen molar-refractivity contribution in [2.24, 2.45) is 0 Å². The van der Waals surface area contributed by atoms with E-state index in [0.29, 0.717) is 47.0 Å². The largest absolute Gasteiger partial charge is 0.351 e. The fraction of sp³-hybridized carbons (Fsp3) is 0.111. The van der Waals surface area contributed by atoms with Gasteiger partial charge in [-0.3, -0.25) is 19.8 Å². The molecule has 0 spiro atoms. The Hall–Kier alpha value is -7.74. The number of amides is 2. The zero-order valence-corrected chi connectivity index (χ0v) is 32.2. The molecule has 14 heteroatoms. The van der Waals surface area contributed by atoms with E-state index in [1.165, 1.54) is 33.6 Å². The minimum Gasteiger partial charge on any atom is -0.293 e. The molecule has 0 fully saturated rings. The highest BCUT2D eigenvalue weighted by Gasteiger charge is 2.27. The highest BCUT2D eigenvalue weighted by atomic mass is 19.1. The lowest BCUT2D eigenvalue weighted by Crippen LogP contribution is -2.36. The summed E-state index contributed by atoms with van der Waals surface area (Å²) < 4.78 is 29.5. The maximum Gasteiger partial charge on any atom is 0.351 e. The molecule has 8 rings (SSSR count). The predicted octanol–water partition coefficient (Wildman–Crippen LogP) is 9.67. The number of anilines is 2. The van der Waals surface area contributed by atoms with Crippen molar-refractivity contribution in [2.75, 3.05) is 22.9 Å². The number of carbonyl (C=O) groups is 2. The van der Waals surface area contributed by atoms with Crippen LogP contribution in [0.1, 0.15) is 20.3 Å². The molecule has 0 aliphatic heterocycles. The van der Waals surface area contributed by atoms with E-state index in [4.69, 9.17) is 0 Å². The van der Waals surface area contributed by atoms with Gasteiger partial charge in [0.2, 0.25) is 0 Å². The quantitative estimate of drug-likeness (QED) is 0.142. The molecule has 0 saturated heterocycles. The van der Waals surface area contributed by atoms with Crippen LogP contribution in [0.25, 0.3) is 45.0 Å². The molecular weight excluding hydrogens is 751 g/mol. The summed E-state index contributed by atoms with van der Waals surface area (Å²) in [6.45, 7) is 4.89. The van der Waals surface area contributed by atoms with Gasteiger partial charge in [0.1, 0.15) is 34.4 Å².